The molecular formula is C24H18ClFN2O4. The standard InChI is InChI=1S/C24H18ClFN2O4/c1-31-17-9-5-6-14(12-17)21-20-22(32-28(21)15-7-3-2-4-8-15)24(30)27(23(20)29)16-10-11-18(25)19(26)13-16/h2-13,20-22H,1H3/t20-,21+,22+/m0/s1. The highest BCUT2D eigenvalue weighted by molar-refractivity contribution is 6.31. The van der Waals surface area contributed by atoms with Gasteiger partial charge in [0.15, 0.2) is 6.10 Å². The van der Waals surface area contributed by atoms with Crippen LogP contribution in [0.3, 0.4) is 0 Å². The van der Waals surface area contributed by atoms with Gasteiger partial charge in [0.25, 0.3) is 5.91 Å². The fraction of sp³-hybridized carbons (Fsp3) is 0.167. The lowest BCUT2D eigenvalue weighted by atomic mass is 9.90. The average molecular weight is 453 g/mol. The lowest BCUT2D eigenvalue weighted by molar-refractivity contribution is -0.126. The van der Waals surface area contributed by atoms with Crippen molar-refractivity contribution in [3.05, 3.63) is 89.2 Å². The summed E-state index contributed by atoms with van der Waals surface area (Å²) in [6, 6.07) is 19.8. The van der Waals surface area contributed by atoms with Gasteiger partial charge in [0.2, 0.25) is 5.91 Å². The quantitative estimate of drug-likeness (QED) is 0.544. The second kappa shape index (κ2) is 7.93. The Morgan fingerprint density at radius 1 is 0.938 bits per heavy atom. The SMILES string of the molecule is COc1cccc([C@@H]2[C@@H]3C(=O)N(c4ccc(Cl)c(F)c4)C(=O)[C@@H]3ON2c2ccccc2)c1. The molecule has 3 aromatic rings. The molecule has 6 nitrogen and oxygen atoms in total. The van der Waals surface area contributed by atoms with E-state index in [9.17, 15) is 14.0 Å². The van der Waals surface area contributed by atoms with Crippen molar-refractivity contribution in [3.63, 3.8) is 0 Å². The molecule has 8 heteroatoms. The van der Waals surface area contributed by atoms with Crippen LogP contribution in [0, 0.1) is 11.7 Å². The number of fused-ring (bicyclic) bond motifs is 1. The maximum absolute atomic E-state index is 14.1. The van der Waals surface area contributed by atoms with Gasteiger partial charge in [-0.3, -0.25) is 14.4 Å². The molecule has 3 aromatic carbocycles. The number of para-hydroxylation sites is 1. The smallest absolute Gasteiger partial charge is 0.266 e. The van der Waals surface area contributed by atoms with Gasteiger partial charge in [-0.1, -0.05) is 41.9 Å². The summed E-state index contributed by atoms with van der Waals surface area (Å²) >= 11 is 5.77. The molecule has 2 aliphatic heterocycles. The monoisotopic (exact) mass is 452 g/mol. The first-order valence-electron chi connectivity index (χ1n) is 9.97. The van der Waals surface area contributed by atoms with Crippen LogP contribution >= 0.6 is 11.6 Å². The van der Waals surface area contributed by atoms with E-state index in [1.54, 1.807) is 18.2 Å². The Labute approximate surface area is 188 Å². The summed E-state index contributed by atoms with van der Waals surface area (Å²) in [5.41, 5.74) is 1.58. The Balaban J connectivity index is 1.59. The molecular weight excluding hydrogens is 435 g/mol. The number of amides is 2. The highest BCUT2D eigenvalue weighted by Gasteiger charge is 2.60. The van der Waals surface area contributed by atoms with E-state index in [1.807, 2.05) is 48.5 Å². The fourth-order valence-corrected chi connectivity index (χ4v) is 4.37. The number of carbonyl (C=O) groups excluding carboxylic acids is 2. The third kappa shape index (κ3) is 3.21. The Hall–Kier alpha value is -3.42. The van der Waals surface area contributed by atoms with Crippen molar-refractivity contribution < 1.29 is 23.6 Å². The van der Waals surface area contributed by atoms with Gasteiger partial charge in [-0.25, -0.2) is 14.4 Å². The number of hydrogen-bond donors (Lipinski definition) is 0. The van der Waals surface area contributed by atoms with E-state index in [2.05, 4.69) is 0 Å². The van der Waals surface area contributed by atoms with Gasteiger partial charge in [-0.2, -0.15) is 0 Å². The number of hydroxylamine groups is 1. The molecule has 3 atom stereocenters. The maximum atomic E-state index is 14.1. The summed E-state index contributed by atoms with van der Waals surface area (Å²) in [5.74, 6) is -1.93. The number of imide groups is 1. The Kier molecular flexibility index (Phi) is 5.07. The van der Waals surface area contributed by atoms with Gasteiger partial charge in [0.05, 0.1) is 29.5 Å². The molecule has 2 aliphatic rings. The number of nitrogens with zero attached hydrogens (tertiary/aromatic N) is 2. The third-order valence-corrected chi connectivity index (χ3v) is 6.03. The zero-order valence-electron chi connectivity index (χ0n) is 16.9. The zero-order valence-corrected chi connectivity index (χ0v) is 17.7. The van der Waals surface area contributed by atoms with Crippen LogP contribution in [0.2, 0.25) is 5.02 Å². The number of anilines is 2. The molecule has 2 fully saturated rings. The Bertz CT molecular complexity index is 1210. The van der Waals surface area contributed by atoms with Crippen molar-refractivity contribution in [3.8, 4) is 5.75 Å². The largest absolute Gasteiger partial charge is 0.497 e. The van der Waals surface area contributed by atoms with Crippen LogP contribution in [0.4, 0.5) is 15.8 Å². The van der Waals surface area contributed by atoms with Crippen LogP contribution in [0.15, 0.2) is 72.8 Å². The zero-order chi connectivity index (χ0) is 22.4. The van der Waals surface area contributed by atoms with E-state index in [4.69, 9.17) is 21.2 Å². The lowest BCUT2D eigenvalue weighted by Gasteiger charge is -2.29. The number of hydrogen-bond acceptors (Lipinski definition) is 5. The normalized spacial score (nSPS) is 22.4. The summed E-state index contributed by atoms with van der Waals surface area (Å²) in [7, 11) is 1.56. The molecule has 0 aliphatic carbocycles. The van der Waals surface area contributed by atoms with Gasteiger partial charge < -0.3 is 4.74 Å². The van der Waals surface area contributed by atoms with E-state index < -0.39 is 35.7 Å². The van der Waals surface area contributed by atoms with E-state index >= 15 is 0 Å². The first kappa shape index (κ1) is 20.5. The van der Waals surface area contributed by atoms with Crippen molar-refractivity contribution in [1.82, 2.24) is 0 Å². The summed E-state index contributed by atoms with van der Waals surface area (Å²) in [4.78, 5) is 33.8. The van der Waals surface area contributed by atoms with Crippen molar-refractivity contribution >= 4 is 34.8 Å². The van der Waals surface area contributed by atoms with Crippen LogP contribution in [-0.2, 0) is 14.4 Å². The molecule has 5 rings (SSSR count). The minimum Gasteiger partial charge on any atom is -0.497 e. The number of ether oxygens (including phenoxy) is 1. The molecule has 2 amide bonds. The summed E-state index contributed by atoms with van der Waals surface area (Å²) in [6.45, 7) is 0. The van der Waals surface area contributed by atoms with Gasteiger partial charge in [-0.05, 0) is 48.0 Å². The van der Waals surface area contributed by atoms with Crippen LogP contribution in [0.1, 0.15) is 11.6 Å². The summed E-state index contributed by atoms with van der Waals surface area (Å²) in [6.07, 6.45) is -1.04. The molecule has 0 bridgehead atoms. The van der Waals surface area contributed by atoms with E-state index in [0.717, 1.165) is 16.5 Å². The van der Waals surface area contributed by atoms with Crippen LogP contribution in [0.25, 0.3) is 0 Å². The maximum Gasteiger partial charge on any atom is 0.266 e. The fourth-order valence-electron chi connectivity index (χ4n) is 4.26. The van der Waals surface area contributed by atoms with Crippen molar-refractivity contribution in [1.29, 1.82) is 0 Å². The van der Waals surface area contributed by atoms with E-state index in [1.165, 1.54) is 12.1 Å². The first-order valence-corrected chi connectivity index (χ1v) is 10.4. The third-order valence-electron chi connectivity index (χ3n) is 5.72. The highest BCUT2D eigenvalue weighted by Crippen LogP contribution is 2.48. The van der Waals surface area contributed by atoms with Crippen LogP contribution in [0.5, 0.6) is 5.75 Å². The number of benzene rings is 3. The number of carbonyl (C=O) groups is 2. The predicted octanol–water partition coefficient (Wildman–Crippen LogP) is 4.54. The first-order chi connectivity index (χ1) is 15.5. The highest BCUT2D eigenvalue weighted by atomic mass is 35.5. The predicted molar refractivity (Wildman–Crippen MR) is 117 cm³/mol. The second-order valence-electron chi connectivity index (χ2n) is 7.54. The van der Waals surface area contributed by atoms with Crippen molar-refractivity contribution in [2.45, 2.75) is 12.1 Å². The minimum absolute atomic E-state index is 0.0891. The van der Waals surface area contributed by atoms with Gasteiger partial charge in [0.1, 0.15) is 17.5 Å². The lowest BCUT2D eigenvalue weighted by Crippen LogP contribution is -2.37. The average Bonchev–Trinajstić information content (AvgIpc) is 3.32. The number of rotatable bonds is 4. The molecule has 0 spiro atoms. The molecule has 0 unspecified atom stereocenters. The molecule has 0 saturated carbocycles. The van der Waals surface area contributed by atoms with Crippen LogP contribution < -0.4 is 14.7 Å². The van der Waals surface area contributed by atoms with Gasteiger partial charge in [-0.15, -0.1) is 0 Å². The molecule has 2 heterocycles. The van der Waals surface area contributed by atoms with E-state index in [0.29, 0.717) is 11.4 Å². The molecule has 0 radical (unpaired) electrons. The van der Waals surface area contributed by atoms with Crippen LogP contribution in [-0.4, -0.2) is 25.0 Å². The van der Waals surface area contributed by atoms with Gasteiger partial charge in [0, 0.05) is 0 Å². The Morgan fingerprint density at radius 3 is 2.44 bits per heavy atom. The summed E-state index contributed by atoms with van der Waals surface area (Å²) < 4.78 is 19.4. The summed E-state index contributed by atoms with van der Waals surface area (Å²) in [5, 5.41) is 1.51. The molecule has 2 saturated heterocycles. The number of methoxy groups -OCH3 is 1. The van der Waals surface area contributed by atoms with Crippen molar-refractivity contribution in [2.75, 3.05) is 17.1 Å². The van der Waals surface area contributed by atoms with E-state index in [-0.39, 0.29) is 10.7 Å². The second-order valence-corrected chi connectivity index (χ2v) is 7.95. The number of halogens is 2. The molecule has 0 aromatic heterocycles. The molecule has 0 N–H and O–H groups in total. The van der Waals surface area contributed by atoms with Crippen molar-refractivity contribution in [2.24, 2.45) is 5.92 Å². The molecule has 32 heavy (non-hydrogen) atoms. The van der Waals surface area contributed by atoms with Gasteiger partial charge >= 0.3 is 0 Å². The Morgan fingerprint density at radius 2 is 1.72 bits per heavy atom. The molecule has 162 valence electrons. The minimum atomic E-state index is -1.04. The topological polar surface area (TPSA) is 59.1 Å².